The van der Waals surface area contributed by atoms with Crippen LogP contribution in [0.5, 0.6) is 0 Å². The van der Waals surface area contributed by atoms with Crippen LogP contribution in [-0.2, 0) is 4.74 Å². The summed E-state index contributed by atoms with van der Waals surface area (Å²) in [5, 5.41) is 6.85. The van der Waals surface area contributed by atoms with Crippen molar-refractivity contribution < 1.29 is 14.3 Å². The van der Waals surface area contributed by atoms with E-state index < -0.39 is 17.6 Å². The topological polar surface area (TPSA) is 89.1 Å². The molecule has 142 valence electrons. The molecule has 0 spiro atoms. The number of hydrogen-bond donors (Lipinski definition) is 1. The van der Waals surface area contributed by atoms with Crippen LogP contribution in [0.4, 0.5) is 0 Å². The molecule has 0 aliphatic rings. The Balaban J connectivity index is 1.74. The average Bonchev–Trinajstić information content (AvgIpc) is 2.78. The zero-order valence-corrected chi connectivity index (χ0v) is 15.2. The van der Waals surface area contributed by atoms with Crippen molar-refractivity contribution in [3.05, 3.63) is 112 Å². The maximum atomic E-state index is 13.1. The fraction of sp³-hybridized carbons (Fsp3) is 0.0435. The highest BCUT2D eigenvalue weighted by atomic mass is 16.5. The predicted molar refractivity (Wildman–Crippen MR) is 108 cm³/mol. The quantitative estimate of drug-likeness (QED) is 0.419. The minimum absolute atomic E-state index is 0.0537. The van der Waals surface area contributed by atoms with Gasteiger partial charge < -0.3 is 4.74 Å². The van der Waals surface area contributed by atoms with E-state index in [-0.39, 0.29) is 11.5 Å². The fourth-order valence-electron chi connectivity index (χ4n) is 3.09. The van der Waals surface area contributed by atoms with E-state index >= 15 is 0 Å². The molecule has 0 bridgehead atoms. The Labute approximate surface area is 165 Å². The second-order valence-corrected chi connectivity index (χ2v) is 6.37. The van der Waals surface area contributed by atoms with Crippen molar-refractivity contribution in [2.24, 2.45) is 0 Å². The molecule has 1 heterocycles. The third-order valence-electron chi connectivity index (χ3n) is 4.51. The number of esters is 1. The molecule has 0 aliphatic carbocycles. The molecule has 1 unspecified atom stereocenters. The van der Waals surface area contributed by atoms with Gasteiger partial charge in [-0.2, -0.15) is 5.10 Å². The molecule has 6 nitrogen and oxygen atoms in total. The number of rotatable bonds is 5. The lowest BCUT2D eigenvalue weighted by Crippen LogP contribution is -2.22. The molecular formula is C23H16N2O4. The first kappa shape index (κ1) is 18.3. The van der Waals surface area contributed by atoms with E-state index in [0.717, 1.165) is 0 Å². The number of nitrogens with zero attached hydrogens (tertiary/aromatic N) is 1. The number of aromatic nitrogens is 2. The largest absolute Gasteiger partial charge is 0.444 e. The number of carbonyl (C=O) groups excluding carboxylic acids is 2. The van der Waals surface area contributed by atoms with Crippen molar-refractivity contribution in [3.8, 4) is 0 Å². The number of carbonyl (C=O) groups is 2. The van der Waals surface area contributed by atoms with Crippen LogP contribution in [0, 0.1) is 0 Å². The summed E-state index contributed by atoms with van der Waals surface area (Å²) < 4.78 is 5.61. The van der Waals surface area contributed by atoms with Crippen molar-refractivity contribution in [1.29, 1.82) is 0 Å². The van der Waals surface area contributed by atoms with E-state index in [1.807, 2.05) is 6.07 Å². The Morgan fingerprint density at radius 2 is 1.38 bits per heavy atom. The van der Waals surface area contributed by atoms with Gasteiger partial charge in [0, 0.05) is 16.5 Å². The second-order valence-electron chi connectivity index (χ2n) is 6.37. The summed E-state index contributed by atoms with van der Waals surface area (Å²) in [5.41, 5.74) is 0.510. The van der Waals surface area contributed by atoms with E-state index in [1.54, 1.807) is 78.9 Å². The third kappa shape index (κ3) is 3.68. The molecule has 3 aromatic carbocycles. The fourth-order valence-corrected chi connectivity index (χ4v) is 3.09. The van der Waals surface area contributed by atoms with Crippen molar-refractivity contribution in [2.75, 3.05) is 0 Å². The maximum Gasteiger partial charge on any atom is 0.360 e. The van der Waals surface area contributed by atoms with Crippen molar-refractivity contribution in [1.82, 2.24) is 10.2 Å². The predicted octanol–water partition coefficient (Wildman–Crippen LogP) is 3.70. The number of fused-ring (bicyclic) bond motifs is 1. The van der Waals surface area contributed by atoms with Crippen molar-refractivity contribution >= 4 is 22.5 Å². The number of ether oxygens (including phenoxy) is 1. The van der Waals surface area contributed by atoms with Crippen LogP contribution in [0.2, 0.25) is 0 Å². The van der Waals surface area contributed by atoms with E-state index in [1.165, 1.54) is 0 Å². The Morgan fingerprint density at radius 1 is 0.793 bits per heavy atom. The molecule has 0 amide bonds. The minimum Gasteiger partial charge on any atom is -0.444 e. The number of Topliss-reactive ketones (excluding diaryl/α,β-unsaturated/α-hetero) is 1. The first-order chi connectivity index (χ1) is 14.1. The summed E-state index contributed by atoms with van der Waals surface area (Å²) in [4.78, 5) is 38.0. The van der Waals surface area contributed by atoms with Crippen LogP contribution in [-0.4, -0.2) is 21.9 Å². The smallest absolute Gasteiger partial charge is 0.360 e. The number of hydrogen-bond acceptors (Lipinski definition) is 5. The van der Waals surface area contributed by atoms with Gasteiger partial charge in [0.25, 0.3) is 5.56 Å². The summed E-state index contributed by atoms with van der Waals surface area (Å²) >= 11 is 0. The van der Waals surface area contributed by atoms with Crippen LogP contribution < -0.4 is 5.56 Å². The third-order valence-corrected chi connectivity index (χ3v) is 4.51. The number of benzene rings is 3. The van der Waals surface area contributed by atoms with Gasteiger partial charge in [0.05, 0.1) is 5.39 Å². The van der Waals surface area contributed by atoms with Crippen LogP contribution in [0.3, 0.4) is 0 Å². The molecule has 4 aromatic rings. The number of H-pyrrole nitrogens is 1. The molecule has 1 N–H and O–H groups in total. The summed E-state index contributed by atoms with van der Waals surface area (Å²) in [5.74, 6) is -1.14. The van der Waals surface area contributed by atoms with E-state index in [0.29, 0.717) is 21.9 Å². The molecule has 0 aliphatic heterocycles. The normalized spacial score (nSPS) is 11.7. The van der Waals surface area contributed by atoms with E-state index in [9.17, 15) is 14.4 Å². The molecule has 1 aromatic heterocycles. The minimum atomic E-state index is -1.14. The van der Waals surface area contributed by atoms with Gasteiger partial charge in [-0.1, -0.05) is 78.9 Å². The Hall–Kier alpha value is -4.06. The summed E-state index contributed by atoms with van der Waals surface area (Å²) in [6.07, 6.45) is -1.14. The van der Waals surface area contributed by atoms with E-state index in [4.69, 9.17) is 4.74 Å². The molecule has 4 rings (SSSR count). The summed E-state index contributed by atoms with van der Waals surface area (Å²) in [7, 11) is 0. The Bertz CT molecular complexity index is 1230. The Kier molecular flexibility index (Phi) is 4.99. The molecule has 0 saturated carbocycles. The van der Waals surface area contributed by atoms with Gasteiger partial charge in [-0.15, -0.1) is 0 Å². The maximum absolute atomic E-state index is 13.1. The molecule has 1 atom stereocenters. The van der Waals surface area contributed by atoms with Crippen LogP contribution in [0.1, 0.15) is 32.5 Å². The Morgan fingerprint density at radius 3 is 2.07 bits per heavy atom. The molecule has 0 fully saturated rings. The second kappa shape index (κ2) is 7.90. The van der Waals surface area contributed by atoms with Gasteiger partial charge in [0.15, 0.2) is 11.8 Å². The lowest BCUT2D eigenvalue weighted by Gasteiger charge is -2.17. The highest BCUT2D eigenvalue weighted by molar-refractivity contribution is 6.05. The summed E-state index contributed by atoms with van der Waals surface area (Å²) in [6, 6.07) is 24.0. The van der Waals surface area contributed by atoms with Gasteiger partial charge in [-0.3, -0.25) is 9.59 Å². The van der Waals surface area contributed by atoms with Crippen molar-refractivity contribution in [3.63, 3.8) is 0 Å². The lowest BCUT2D eigenvalue weighted by molar-refractivity contribution is 0.0275. The standard InChI is InChI=1S/C23H16N2O4/c26-20(15-9-3-1-4-10-15)21(16-11-5-2-6-12-16)29-23(28)19-17-13-7-8-14-18(17)22(27)25-24-19/h1-14,21H,(H,25,27). The first-order valence-electron chi connectivity index (χ1n) is 8.98. The SMILES string of the molecule is O=C(OC(C(=O)c1ccccc1)c1ccccc1)c1n[nH]c(=O)c2ccccc12. The van der Waals surface area contributed by atoms with Crippen molar-refractivity contribution in [2.45, 2.75) is 6.10 Å². The summed E-state index contributed by atoms with van der Waals surface area (Å²) in [6.45, 7) is 0. The zero-order chi connectivity index (χ0) is 20.2. The van der Waals surface area contributed by atoms with Crippen LogP contribution in [0.25, 0.3) is 10.8 Å². The molecule has 29 heavy (non-hydrogen) atoms. The first-order valence-corrected chi connectivity index (χ1v) is 8.98. The average molecular weight is 384 g/mol. The van der Waals surface area contributed by atoms with E-state index in [2.05, 4.69) is 10.2 Å². The molecule has 6 heteroatoms. The van der Waals surface area contributed by atoms with Gasteiger partial charge >= 0.3 is 5.97 Å². The lowest BCUT2D eigenvalue weighted by atomic mass is 10.00. The number of ketones is 1. The van der Waals surface area contributed by atoms with Gasteiger partial charge in [-0.25, -0.2) is 9.89 Å². The number of aromatic amines is 1. The highest BCUT2D eigenvalue weighted by Crippen LogP contribution is 2.25. The van der Waals surface area contributed by atoms with Gasteiger partial charge in [-0.05, 0) is 6.07 Å². The monoisotopic (exact) mass is 384 g/mol. The molecule has 0 saturated heterocycles. The molecule has 0 radical (unpaired) electrons. The molecular weight excluding hydrogens is 368 g/mol. The number of nitrogens with one attached hydrogen (secondary N) is 1. The van der Waals surface area contributed by atoms with Crippen LogP contribution >= 0.6 is 0 Å². The van der Waals surface area contributed by atoms with Gasteiger partial charge in [0.2, 0.25) is 5.78 Å². The highest BCUT2D eigenvalue weighted by Gasteiger charge is 2.28. The zero-order valence-electron chi connectivity index (χ0n) is 15.2. The van der Waals surface area contributed by atoms with Gasteiger partial charge in [0.1, 0.15) is 0 Å². The van der Waals surface area contributed by atoms with Crippen LogP contribution in [0.15, 0.2) is 89.7 Å².